The van der Waals surface area contributed by atoms with Crippen molar-refractivity contribution < 1.29 is 22.7 Å². The molecule has 1 fully saturated rings. The van der Waals surface area contributed by atoms with Crippen LogP contribution in [0.15, 0.2) is 120 Å². The summed E-state index contributed by atoms with van der Waals surface area (Å²) in [5.41, 5.74) is -1.08. The summed E-state index contributed by atoms with van der Waals surface area (Å²) in [4.78, 5) is 29.7. The number of amides is 1. The largest absolute Gasteiger partial charge is 0.457 e. The lowest BCUT2D eigenvalue weighted by molar-refractivity contribution is -0.213. The first-order chi connectivity index (χ1) is 19.2. The van der Waals surface area contributed by atoms with Crippen molar-refractivity contribution >= 4 is 38.9 Å². The van der Waals surface area contributed by atoms with Gasteiger partial charge in [-0.2, -0.15) is 0 Å². The van der Waals surface area contributed by atoms with Crippen LogP contribution in [0.4, 0.5) is 0 Å². The van der Waals surface area contributed by atoms with E-state index < -0.39 is 38.5 Å². The van der Waals surface area contributed by atoms with Crippen molar-refractivity contribution in [1.29, 1.82) is 0 Å². The monoisotopic (exact) mass is 569 g/mol. The van der Waals surface area contributed by atoms with Crippen molar-refractivity contribution in [2.45, 2.75) is 23.0 Å². The summed E-state index contributed by atoms with van der Waals surface area (Å²) in [6.45, 7) is 1.85. The van der Waals surface area contributed by atoms with Crippen molar-refractivity contribution in [3.8, 4) is 0 Å². The van der Waals surface area contributed by atoms with Crippen molar-refractivity contribution in [2.24, 2.45) is 0 Å². The van der Waals surface area contributed by atoms with Crippen molar-refractivity contribution in [3.63, 3.8) is 0 Å². The number of aryl methyl sites for hydroxylation is 1. The number of ether oxygens (including phenoxy) is 1. The van der Waals surface area contributed by atoms with Gasteiger partial charge in [0.2, 0.25) is 11.7 Å². The Morgan fingerprint density at radius 2 is 1.32 bits per heavy atom. The molecule has 6 rings (SSSR count). The molecular formula is C32H24ClNO5S. The molecule has 8 heteroatoms. The van der Waals surface area contributed by atoms with Gasteiger partial charge in [-0.25, -0.2) is 8.42 Å². The average molecular weight is 570 g/mol. The van der Waals surface area contributed by atoms with E-state index in [1.54, 1.807) is 84.9 Å². The molecule has 0 bridgehead atoms. The van der Waals surface area contributed by atoms with E-state index >= 15 is 0 Å². The first-order valence-electron chi connectivity index (χ1n) is 12.6. The molecule has 4 aromatic rings. The molecule has 0 aromatic heterocycles. The number of sulfone groups is 1. The number of halogens is 1. The number of rotatable bonds is 6. The van der Waals surface area contributed by atoms with Crippen molar-refractivity contribution in [2.75, 3.05) is 5.88 Å². The summed E-state index contributed by atoms with van der Waals surface area (Å²) in [5, 5.41) is 0.510. The minimum atomic E-state index is -4.03. The Balaban J connectivity index is 1.55. The number of nitrogens with zero attached hydrogens (tertiary/aromatic N) is 1. The highest BCUT2D eigenvalue weighted by atomic mass is 35.5. The topological polar surface area (TPSA) is 80.8 Å². The van der Waals surface area contributed by atoms with Crippen LogP contribution in [0.5, 0.6) is 0 Å². The second kappa shape index (κ2) is 9.47. The SMILES string of the molecule is Cc1ccc(S(=O)(=O)CN2C(=O)C(c3ccccc3)(c3ccccc3)[C@@]23OC(c2ccc(Cl)cc2)=CC3=O)cc1. The van der Waals surface area contributed by atoms with Crippen LogP contribution in [0.2, 0.25) is 5.02 Å². The van der Waals surface area contributed by atoms with Crippen LogP contribution in [0.25, 0.3) is 5.76 Å². The van der Waals surface area contributed by atoms with Gasteiger partial charge in [0.15, 0.2) is 15.3 Å². The number of carbonyl (C=O) groups excluding carboxylic acids is 2. The smallest absolute Gasteiger partial charge is 0.272 e. The van der Waals surface area contributed by atoms with Gasteiger partial charge in [0, 0.05) is 16.7 Å². The van der Waals surface area contributed by atoms with E-state index in [2.05, 4.69) is 0 Å². The van der Waals surface area contributed by atoms with Gasteiger partial charge >= 0.3 is 0 Å². The fourth-order valence-corrected chi connectivity index (χ4v) is 7.09. The van der Waals surface area contributed by atoms with Gasteiger partial charge in [-0.15, -0.1) is 0 Å². The van der Waals surface area contributed by atoms with Gasteiger partial charge in [0.05, 0.1) is 4.90 Å². The normalized spacial score (nSPS) is 19.8. The molecule has 1 spiro atoms. The van der Waals surface area contributed by atoms with Crippen LogP contribution in [-0.2, 0) is 29.6 Å². The molecule has 1 atom stereocenters. The Morgan fingerprint density at radius 1 is 0.775 bits per heavy atom. The molecular weight excluding hydrogens is 546 g/mol. The molecule has 0 unspecified atom stereocenters. The highest BCUT2D eigenvalue weighted by Crippen LogP contribution is 2.59. The number of β-lactam (4-membered cyclic amide) rings is 1. The lowest BCUT2D eigenvalue weighted by atomic mass is 9.58. The number of carbonyl (C=O) groups is 2. The second-order valence-corrected chi connectivity index (χ2v) is 12.3. The molecule has 40 heavy (non-hydrogen) atoms. The van der Waals surface area contributed by atoms with E-state index in [1.807, 2.05) is 19.1 Å². The average Bonchev–Trinajstić information content (AvgIpc) is 3.33. The molecule has 1 amide bonds. The maximum atomic E-state index is 14.4. The summed E-state index contributed by atoms with van der Waals surface area (Å²) >= 11 is 6.08. The molecule has 1 saturated heterocycles. The zero-order valence-corrected chi connectivity index (χ0v) is 23.0. The number of likely N-dealkylation sites (tertiary alicyclic amines) is 1. The third-order valence-electron chi connectivity index (χ3n) is 7.53. The maximum Gasteiger partial charge on any atom is 0.272 e. The van der Waals surface area contributed by atoms with E-state index in [0.717, 1.165) is 10.5 Å². The summed E-state index contributed by atoms with van der Waals surface area (Å²) < 4.78 is 33.8. The van der Waals surface area contributed by atoms with Crippen molar-refractivity contribution in [1.82, 2.24) is 4.90 Å². The molecule has 2 heterocycles. The summed E-state index contributed by atoms with van der Waals surface area (Å²) in [7, 11) is -4.03. The third-order valence-corrected chi connectivity index (χ3v) is 9.37. The van der Waals surface area contributed by atoms with Crippen LogP contribution in [0, 0.1) is 6.92 Å². The summed E-state index contributed by atoms with van der Waals surface area (Å²) in [6, 6.07) is 30.9. The van der Waals surface area contributed by atoms with E-state index in [0.29, 0.717) is 21.7 Å². The van der Waals surface area contributed by atoms with E-state index in [1.165, 1.54) is 18.2 Å². The van der Waals surface area contributed by atoms with Gasteiger partial charge in [0.25, 0.3) is 5.72 Å². The lowest BCUT2D eigenvalue weighted by Gasteiger charge is -2.60. The minimum Gasteiger partial charge on any atom is -0.457 e. The maximum absolute atomic E-state index is 14.4. The predicted molar refractivity (Wildman–Crippen MR) is 152 cm³/mol. The van der Waals surface area contributed by atoms with Gasteiger partial charge in [0.1, 0.15) is 11.6 Å². The molecule has 0 N–H and O–H groups in total. The molecule has 2 aliphatic rings. The van der Waals surface area contributed by atoms with Crippen LogP contribution in [-0.4, -0.2) is 36.6 Å². The molecule has 2 aliphatic heterocycles. The fourth-order valence-electron chi connectivity index (χ4n) is 5.62. The van der Waals surface area contributed by atoms with Crippen LogP contribution < -0.4 is 0 Å². The first-order valence-corrected chi connectivity index (χ1v) is 14.7. The molecule has 6 nitrogen and oxygen atoms in total. The molecule has 0 radical (unpaired) electrons. The fraction of sp³-hybridized carbons (Fsp3) is 0.125. The van der Waals surface area contributed by atoms with Gasteiger partial charge in [-0.3, -0.25) is 14.5 Å². The van der Waals surface area contributed by atoms with E-state index in [9.17, 15) is 18.0 Å². The highest BCUT2D eigenvalue weighted by molar-refractivity contribution is 7.91. The molecule has 4 aromatic carbocycles. The second-order valence-electron chi connectivity index (χ2n) is 9.90. The third kappa shape index (κ3) is 3.73. The number of hydrogen-bond acceptors (Lipinski definition) is 5. The Kier molecular flexibility index (Phi) is 6.16. The zero-order chi connectivity index (χ0) is 28.1. The highest BCUT2D eigenvalue weighted by Gasteiger charge is 2.80. The predicted octanol–water partition coefficient (Wildman–Crippen LogP) is 5.54. The number of ketones is 1. The standard InChI is InChI=1S/C32H24ClNO5S/c1-22-12-18-27(19-13-22)40(37,38)21-34-30(36)31(24-8-4-2-5-9-24,25-10-6-3-7-11-25)32(34)29(35)20-28(39-32)23-14-16-26(33)17-15-23/h2-20H,21H2,1H3/t32-/m1/s1. The van der Waals surface area contributed by atoms with Crippen LogP contribution >= 0.6 is 11.6 Å². The van der Waals surface area contributed by atoms with Gasteiger partial charge in [-0.05, 0) is 54.4 Å². The number of hydrogen-bond donors (Lipinski definition) is 0. The summed E-state index contributed by atoms with van der Waals surface area (Å²) in [5.74, 6) is -1.57. The van der Waals surface area contributed by atoms with E-state index in [4.69, 9.17) is 16.3 Å². The Morgan fingerprint density at radius 3 is 1.88 bits per heavy atom. The van der Waals surface area contributed by atoms with Gasteiger partial charge < -0.3 is 4.74 Å². The minimum absolute atomic E-state index is 0.0503. The number of benzene rings is 4. The van der Waals surface area contributed by atoms with Crippen LogP contribution in [0.1, 0.15) is 22.3 Å². The van der Waals surface area contributed by atoms with Crippen LogP contribution in [0.3, 0.4) is 0 Å². The molecule has 200 valence electrons. The Bertz CT molecular complexity index is 1710. The lowest BCUT2D eigenvalue weighted by Crippen LogP contribution is -2.83. The van der Waals surface area contributed by atoms with Gasteiger partial charge in [-0.1, -0.05) is 90.0 Å². The Labute approximate surface area is 237 Å². The van der Waals surface area contributed by atoms with Crippen molar-refractivity contribution in [3.05, 3.63) is 143 Å². The summed E-state index contributed by atoms with van der Waals surface area (Å²) in [6.07, 6.45) is 1.34. The van der Waals surface area contributed by atoms with E-state index in [-0.39, 0.29) is 10.7 Å². The Hall–Kier alpha value is -4.20. The zero-order valence-electron chi connectivity index (χ0n) is 21.5. The molecule has 0 saturated carbocycles. The quantitative estimate of drug-likeness (QED) is 0.285. The molecule has 0 aliphatic carbocycles. The first kappa shape index (κ1) is 26.0.